The van der Waals surface area contributed by atoms with Gasteiger partial charge in [-0.25, -0.2) is 0 Å². The van der Waals surface area contributed by atoms with Crippen LogP contribution < -0.4 is 11.1 Å². The van der Waals surface area contributed by atoms with E-state index in [0.29, 0.717) is 32.6 Å². The van der Waals surface area contributed by atoms with E-state index in [0.717, 1.165) is 18.5 Å². The number of non-ortho nitro benzene ring substituents is 1. The van der Waals surface area contributed by atoms with E-state index in [4.69, 9.17) is 5.73 Å². The number of benzene rings is 2. The number of nitrogens with two attached hydrogens (primary N) is 1. The predicted molar refractivity (Wildman–Crippen MR) is 125 cm³/mol. The molecule has 0 spiro atoms. The summed E-state index contributed by atoms with van der Waals surface area (Å²) in [6.45, 7) is 3.94. The maximum Gasteiger partial charge on any atom is 0.269 e. The minimum atomic E-state index is -0.532. The quantitative estimate of drug-likeness (QED) is 0.417. The fourth-order valence-corrected chi connectivity index (χ4v) is 4.25. The molecule has 3 rings (SSSR count). The number of rotatable bonds is 10. The van der Waals surface area contributed by atoms with Crippen molar-refractivity contribution in [2.24, 2.45) is 5.73 Å². The van der Waals surface area contributed by atoms with Gasteiger partial charge >= 0.3 is 0 Å². The van der Waals surface area contributed by atoms with E-state index in [-0.39, 0.29) is 23.5 Å². The molecule has 1 aliphatic rings. The Morgan fingerprint density at radius 2 is 1.85 bits per heavy atom. The number of hydrogen-bond donors (Lipinski definition) is 2. The summed E-state index contributed by atoms with van der Waals surface area (Å²) in [5.74, 6) is -0.319. The molecule has 9 nitrogen and oxygen atoms in total. The van der Waals surface area contributed by atoms with Crippen LogP contribution in [0.4, 0.5) is 5.69 Å². The van der Waals surface area contributed by atoms with Gasteiger partial charge in [0.15, 0.2) is 0 Å². The Kier molecular flexibility index (Phi) is 8.51. The van der Waals surface area contributed by atoms with Crippen LogP contribution in [0.3, 0.4) is 0 Å². The first-order valence-corrected chi connectivity index (χ1v) is 11.2. The fraction of sp³-hybridized carbons (Fsp3) is 0.417. The Hall–Kier alpha value is -3.30. The molecule has 3 N–H and O–H groups in total. The molecule has 2 unspecified atom stereocenters. The van der Waals surface area contributed by atoms with E-state index in [1.165, 1.54) is 24.6 Å². The van der Waals surface area contributed by atoms with Crippen molar-refractivity contribution in [2.45, 2.75) is 38.4 Å². The Balaban J connectivity index is 1.78. The molecule has 1 saturated heterocycles. The first kappa shape index (κ1) is 24.3. The summed E-state index contributed by atoms with van der Waals surface area (Å²) in [5.41, 5.74) is 7.70. The van der Waals surface area contributed by atoms with E-state index >= 15 is 0 Å². The van der Waals surface area contributed by atoms with Gasteiger partial charge in [-0.15, -0.1) is 0 Å². The molecule has 2 amide bonds. The Labute approximate surface area is 193 Å². The van der Waals surface area contributed by atoms with Gasteiger partial charge in [0.25, 0.3) is 5.69 Å². The van der Waals surface area contributed by atoms with Crippen LogP contribution in [0.25, 0.3) is 0 Å². The molecule has 33 heavy (non-hydrogen) atoms. The van der Waals surface area contributed by atoms with Crippen LogP contribution in [0.15, 0.2) is 54.6 Å². The van der Waals surface area contributed by atoms with E-state index in [1.807, 2.05) is 18.2 Å². The highest BCUT2D eigenvalue weighted by Crippen LogP contribution is 2.25. The van der Waals surface area contributed by atoms with Crippen molar-refractivity contribution in [3.8, 4) is 0 Å². The van der Waals surface area contributed by atoms with Crippen LogP contribution in [0, 0.1) is 10.1 Å². The summed E-state index contributed by atoms with van der Waals surface area (Å²) in [6, 6.07) is 16.1. The predicted octanol–water partition coefficient (Wildman–Crippen LogP) is 1.70. The highest BCUT2D eigenvalue weighted by atomic mass is 16.6. The van der Waals surface area contributed by atoms with Crippen LogP contribution >= 0.6 is 0 Å². The molecule has 2 atom stereocenters. The SMILES string of the molecule is CC(=O)N1CC(N(CCc2ccccc2)Cc2ccc([N+](=O)[O-])cc2)CC1C(=O)NCCN. The lowest BCUT2D eigenvalue weighted by molar-refractivity contribution is -0.384. The van der Waals surface area contributed by atoms with Gasteiger partial charge < -0.3 is 16.0 Å². The molecule has 176 valence electrons. The Morgan fingerprint density at radius 3 is 2.45 bits per heavy atom. The lowest BCUT2D eigenvalue weighted by Gasteiger charge is -2.29. The topological polar surface area (TPSA) is 122 Å². The molecule has 2 aromatic rings. The monoisotopic (exact) mass is 453 g/mol. The number of hydrogen-bond acceptors (Lipinski definition) is 6. The van der Waals surface area contributed by atoms with Crippen LogP contribution in [0.1, 0.15) is 24.5 Å². The smallest absolute Gasteiger partial charge is 0.269 e. The van der Waals surface area contributed by atoms with Gasteiger partial charge in [-0.05, 0) is 24.0 Å². The summed E-state index contributed by atoms with van der Waals surface area (Å²) >= 11 is 0. The molecule has 1 heterocycles. The first-order chi connectivity index (χ1) is 15.9. The number of carbonyl (C=O) groups is 2. The van der Waals surface area contributed by atoms with Gasteiger partial charge in [-0.1, -0.05) is 42.5 Å². The standard InChI is InChI=1S/C24H31N5O4/c1-18(30)28-17-22(15-23(28)24(31)26-13-12-25)27(14-11-19-5-3-2-4-6-19)16-20-7-9-21(10-8-20)29(32)33/h2-10,22-23H,11-17,25H2,1H3,(H,26,31). The number of amides is 2. The second-order valence-electron chi connectivity index (χ2n) is 8.29. The van der Waals surface area contributed by atoms with Gasteiger partial charge in [0.05, 0.1) is 4.92 Å². The Morgan fingerprint density at radius 1 is 1.15 bits per heavy atom. The third-order valence-corrected chi connectivity index (χ3v) is 6.01. The zero-order valence-corrected chi connectivity index (χ0v) is 18.9. The maximum atomic E-state index is 12.7. The molecular weight excluding hydrogens is 422 g/mol. The molecular formula is C24H31N5O4. The highest BCUT2D eigenvalue weighted by Gasteiger charge is 2.40. The van der Waals surface area contributed by atoms with Crippen LogP contribution in [0.5, 0.6) is 0 Å². The Bertz CT molecular complexity index is 951. The van der Waals surface area contributed by atoms with Crippen molar-refractivity contribution < 1.29 is 14.5 Å². The molecule has 2 aromatic carbocycles. The third kappa shape index (κ3) is 6.59. The molecule has 0 aliphatic carbocycles. The minimum Gasteiger partial charge on any atom is -0.353 e. The summed E-state index contributed by atoms with van der Waals surface area (Å²) in [5, 5.41) is 13.8. The second-order valence-corrected chi connectivity index (χ2v) is 8.29. The van der Waals surface area contributed by atoms with Crippen molar-refractivity contribution in [1.82, 2.24) is 15.1 Å². The van der Waals surface area contributed by atoms with Crippen molar-refractivity contribution in [3.05, 3.63) is 75.8 Å². The minimum absolute atomic E-state index is 0.0126. The van der Waals surface area contributed by atoms with E-state index in [9.17, 15) is 19.7 Å². The number of nitrogens with one attached hydrogen (secondary N) is 1. The van der Waals surface area contributed by atoms with Crippen molar-refractivity contribution in [1.29, 1.82) is 0 Å². The summed E-state index contributed by atoms with van der Waals surface area (Å²) < 4.78 is 0. The van der Waals surface area contributed by atoms with E-state index < -0.39 is 11.0 Å². The number of likely N-dealkylation sites (tertiary alicyclic amines) is 1. The van der Waals surface area contributed by atoms with Gasteiger partial charge in [0, 0.05) is 57.8 Å². The highest BCUT2D eigenvalue weighted by molar-refractivity contribution is 5.87. The van der Waals surface area contributed by atoms with Crippen molar-refractivity contribution in [3.63, 3.8) is 0 Å². The third-order valence-electron chi connectivity index (χ3n) is 6.01. The molecule has 1 fully saturated rings. The summed E-state index contributed by atoms with van der Waals surface area (Å²) in [4.78, 5) is 39.4. The average molecular weight is 454 g/mol. The van der Waals surface area contributed by atoms with Crippen LogP contribution in [-0.2, 0) is 22.6 Å². The van der Waals surface area contributed by atoms with Gasteiger partial charge in [-0.3, -0.25) is 24.6 Å². The molecule has 0 radical (unpaired) electrons. The van der Waals surface area contributed by atoms with Crippen LogP contribution in [-0.4, -0.2) is 64.8 Å². The zero-order valence-electron chi connectivity index (χ0n) is 18.9. The number of nitro groups is 1. The largest absolute Gasteiger partial charge is 0.353 e. The number of nitro benzene ring substituents is 1. The lowest BCUT2D eigenvalue weighted by Crippen LogP contribution is -2.46. The fourth-order valence-electron chi connectivity index (χ4n) is 4.25. The first-order valence-electron chi connectivity index (χ1n) is 11.2. The number of carbonyl (C=O) groups excluding carboxylic acids is 2. The van der Waals surface area contributed by atoms with E-state index in [2.05, 4.69) is 22.3 Å². The lowest BCUT2D eigenvalue weighted by atomic mass is 10.1. The summed E-state index contributed by atoms with van der Waals surface area (Å²) in [6.07, 6.45) is 1.34. The average Bonchev–Trinajstić information content (AvgIpc) is 3.27. The molecule has 1 aliphatic heterocycles. The molecule has 0 aromatic heterocycles. The zero-order chi connectivity index (χ0) is 23.8. The molecule has 0 bridgehead atoms. The molecule has 9 heteroatoms. The van der Waals surface area contributed by atoms with Crippen molar-refractivity contribution >= 4 is 17.5 Å². The molecule has 0 saturated carbocycles. The van der Waals surface area contributed by atoms with Crippen molar-refractivity contribution in [2.75, 3.05) is 26.2 Å². The second kappa shape index (κ2) is 11.5. The maximum absolute atomic E-state index is 12.7. The van der Waals surface area contributed by atoms with Gasteiger partial charge in [0.2, 0.25) is 11.8 Å². The normalized spacial score (nSPS) is 17.8. The summed E-state index contributed by atoms with van der Waals surface area (Å²) in [7, 11) is 0. The number of nitrogens with zero attached hydrogens (tertiary/aromatic N) is 3. The van der Waals surface area contributed by atoms with Gasteiger partial charge in [-0.2, -0.15) is 0 Å². The van der Waals surface area contributed by atoms with E-state index in [1.54, 1.807) is 17.0 Å². The van der Waals surface area contributed by atoms with Gasteiger partial charge in [0.1, 0.15) is 6.04 Å². The van der Waals surface area contributed by atoms with Crippen LogP contribution in [0.2, 0.25) is 0 Å².